The molecule has 0 aromatic heterocycles. The predicted molar refractivity (Wildman–Crippen MR) is 81.5 cm³/mol. The van der Waals surface area contributed by atoms with Crippen LogP contribution in [0.4, 0.5) is 0 Å². The smallest absolute Gasteiger partial charge is 0.244 e. The second-order valence-electron chi connectivity index (χ2n) is 5.21. The van der Waals surface area contributed by atoms with Crippen molar-refractivity contribution in [1.82, 2.24) is 5.32 Å². The standard InChI is InChI=1S/C16H20ClNO2/c17-13-6-4-5-12(11-13)9-10-16(20)18-14-7-2-1-3-8-15(14)19/h4-6,9-11,14-15,19H,1-3,7-8H2,(H,18,20)/b10-9+. The van der Waals surface area contributed by atoms with Crippen LogP contribution in [0.15, 0.2) is 30.3 Å². The summed E-state index contributed by atoms with van der Waals surface area (Å²) >= 11 is 5.89. The molecule has 1 saturated carbocycles. The Morgan fingerprint density at radius 2 is 2.10 bits per heavy atom. The number of rotatable bonds is 3. The molecular formula is C16H20ClNO2. The summed E-state index contributed by atoms with van der Waals surface area (Å²) in [6.07, 6.45) is 7.61. The van der Waals surface area contributed by atoms with Crippen molar-refractivity contribution < 1.29 is 9.90 Å². The summed E-state index contributed by atoms with van der Waals surface area (Å²) in [5.41, 5.74) is 0.883. The first-order chi connectivity index (χ1) is 9.65. The Balaban J connectivity index is 1.91. The van der Waals surface area contributed by atoms with Crippen molar-refractivity contribution in [3.05, 3.63) is 40.9 Å². The minimum absolute atomic E-state index is 0.131. The van der Waals surface area contributed by atoms with Gasteiger partial charge in [0.1, 0.15) is 0 Å². The lowest BCUT2D eigenvalue weighted by molar-refractivity contribution is -0.118. The fourth-order valence-corrected chi connectivity index (χ4v) is 2.67. The first-order valence-corrected chi connectivity index (χ1v) is 7.45. The summed E-state index contributed by atoms with van der Waals surface area (Å²) in [7, 11) is 0. The fraction of sp³-hybridized carbons (Fsp3) is 0.438. The summed E-state index contributed by atoms with van der Waals surface area (Å²) in [6, 6.07) is 7.19. The Bertz CT molecular complexity index is 487. The molecule has 0 heterocycles. The Labute approximate surface area is 124 Å². The summed E-state index contributed by atoms with van der Waals surface area (Å²) in [5.74, 6) is -0.170. The number of aliphatic hydroxyl groups is 1. The zero-order chi connectivity index (χ0) is 14.4. The van der Waals surface area contributed by atoms with E-state index in [4.69, 9.17) is 11.6 Å². The second kappa shape index (κ2) is 7.46. The van der Waals surface area contributed by atoms with Gasteiger partial charge in [-0.05, 0) is 36.6 Å². The van der Waals surface area contributed by atoms with Gasteiger partial charge in [0.25, 0.3) is 0 Å². The van der Waals surface area contributed by atoms with Crippen LogP contribution in [0.25, 0.3) is 6.08 Å². The van der Waals surface area contributed by atoms with Crippen LogP contribution in [-0.4, -0.2) is 23.2 Å². The van der Waals surface area contributed by atoms with E-state index in [1.54, 1.807) is 18.2 Å². The van der Waals surface area contributed by atoms with Crippen LogP contribution in [0.5, 0.6) is 0 Å². The minimum Gasteiger partial charge on any atom is -0.391 e. The Hall–Kier alpha value is -1.32. The summed E-state index contributed by atoms with van der Waals surface area (Å²) in [4.78, 5) is 11.9. The van der Waals surface area contributed by atoms with Gasteiger partial charge in [-0.1, -0.05) is 43.0 Å². The molecule has 1 aromatic rings. The normalized spacial score (nSPS) is 23.5. The topological polar surface area (TPSA) is 49.3 Å². The van der Waals surface area contributed by atoms with Gasteiger partial charge >= 0.3 is 0 Å². The van der Waals surface area contributed by atoms with Crippen LogP contribution < -0.4 is 5.32 Å². The molecule has 3 nitrogen and oxygen atoms in total. The average molecular weight is 294 g/mol. The SMILES string of the molecule is O=C(/C=C/c1cccc(Cl)c1)NC1CCCCCC1O. The molecule has 1 aromatic carbocycles. The van der Waals surface area contributed by atoms with Crippen LogP contribution in [0.1, 0.15) is 37.7 Å². The number of hydrogen-bond acceptors (Lipinski definition) is 2. The van der Waals surface area contributed by atoms with Gasteiger partial charge in [0.15, 0.2) is 0 Å². The van der Waals surface area contributed by atoms with Crippen molar-refractivity contribution in [1.29, 1.82) is 0 Å². The number of nitrogens with one attached hydrogen (secondary N) is 1. The van der Waals surface area contributed by atoms with Gasteiger partial charge in [-0.2, -0.15) is 0 Å². The van der Waals surface area contributed by atoms with E-state index < -0.39 is 6.10 Å². The third-order valence-corrected chi connectivity index (χ3v) is 3.82. The van der Waals surface area contributed by atoms with Gasteiger partial charge in [0, 0.05) is 11.1 Å². The zero-order valence-corrected chi connectivity index (χ0v) is 12.1. The molecule has 1 amide bonds. The van der Waals surface area contributed by atoms with Crippen LogP contribution >= 0.6 is 11.6 Å². The van der Waals surface area contributed by atoms with E-state index in [0.29, 0.717) is 5.02 Å². The van der Waals surface area contributed by atoms with Crippen molar-refractivity contribution in [2.24, 2.45) is 0 Å². The van der Waals surface area contributed by atoms with Crippen LogP contribution in [0, 0.1) is 0 Å². The molecule has 0 aliphatic heterocycles. The van der Waals surface area contributed by atoms with E-state index in [0.717, 1.165) is 37.7 Å². The summed E-state index contributed by atoms with van der Waals surface area (Å²) < 4.78 is 0. The number of carbonyl (C=O) groups is 1. The van der Waals surface area contributed by atoms with E-state index in [1.165, 1.54) is 6.08 Å². The van der Waals surface area contributed by atoms with Gasteiger partial charge < -0.3 is 10.4 Å². The van der Waals surface area contributed by atoms with E-state index in [2.05, 4.69) is 5.32 Å². The monoisotopic (exact) mass is 293 g/mol. The lowest BCUT2D eigenvalue weighted by atomic mass is 10.1. The number of aliphatic hydroxyl groups excluding tert-OH is 1. The van der Waals surface area contributed by atoms with Gasteiger partial charge in [-0.3, -0.25) is 4.79 Å². The molecule has 2 atom stereocenters. The van der Waals surface area contributed by atoms with E-state index >= 15 is 0 Å². The number of benzene rings is 1. The van der Waals surface area contributed by atoms with Gasteiger partial charge in [-0.15, -0.1) is 0 Å². The molecule has 0 bridgehead atoms. The first kappa shape index (κ1) is 15.1. The third kappa shape index (κ3) is 4.66. The maximum absolute atomic E-state index is 11.9. The first-order valence-electron chi connectivity index (χ1n) is 7.07. The quantitative estimate of drug-likeness (QED) is 0.664. The largest absolute Gasteiger partial charge is 0.391 e. The Morgan fingerprint density at radius 1 is 1.30 bits per heavy atom. The number of carbonyl (C=O) groups excluding carboxylic acids is 1. The molecule has 2 unspecified atom stereocenters. The number of halogens is 1. The maximum atomic E-state index is 11.9. The molecule has 2 N–H and O–H groups in total. The molecule has 2 rings (SSSR count). The van der Waals surface area contributed by atoms with E-state index in [-0.39, 0.29) is 11.9 Å². The van der Waals surface area contributed by atoms with Gasteiger partial charge in [-0.25, -0.2) is 0 Å². The van der Waals surface area contributed by atoms with Crippen molar-refractivity contribution in [3.8, 4) is 0 Å². The lowest BCUT2D eigenvalue weighted by Gasteiger charge is -2.20. The van der Waals surface area contributed by atoms with Gasteiger partial charge in [0.05, 0.1) is 12.1 Å². The van der Waals surface area contributed by atoms with E-state index in [1.807, 2.05) is 12.1 Å². The highest BCUT2D eigenvalue weighted by Crippen LogP contribution is 2.18. The number of amides is 1. The Morgan fingerprint density at radius 3 is 2.90 bits per heavy atom. The Kier molecular flexibility index (Phi) is 5.62. The molecule has 108 valence electrons. The minimum atomic E-state index is -0.430. The van der Waals surface area contributed by atoms with Crippen molar-refractivity contribution >= 4 is 23.6 Å². The molecular weight excluding hydrogens is 274 g/mol. The average Bonchev–Trinajstić information content (AvgIpc) is 2.62. The molecule has 0 saturated heterocycles. The summed E-state index contributed by atoms with van der Waals surface area (Å²) in [6.45, 7) is 0. The molecule has 1 fully saturated rings. The molecule has 20 heavy (non-hydrogen) atoms. The molecule has 0 radical (unpaired) electrons. The maximum Gasteiger partial charge on any atom is 0.244 e. The third-order valence-electron chi connectivity index (χ3n) is 3.58. The van der Waals surface area contributed by atoms with Crippen LogP contribution in [-0.2, 0) is 4.79 Å². The summed E-state index contributed by atoms with van der Waals surface area (Å²) in [5, 5.41) is 13.5. The highest BCUT2D eigenvalue weighted by atomic mass is 35.5. The molecule has 1 aliphatic carbocycles. The lowest BCUT2D eigenvalue weighted by Crippen LogP contribution is -2.41. The molecule has 0 spiro atoms. The van der Waals surface area contributed by atoms with E-state index in [9.17, 15) is 9.90 Å². The number of hydrogen-bond donors (Lipinski definition) is 2. The van der Waals surface area contributed by atoms with Crippen molar-refractivity contribution in [2.75, 3.05) is 0 Å². The fourth-order valence-electron chi connectivity index (χ4n) is 2.47. The van der Waals surface area contributed by atoms with Crippen LogP contribution in [0.3, 0.4) is 0 Å². The van der Waals surface area contributed by atoms with Crippen LogP contribution in [0.2, 0.25) is 5.02 Å². The second-order valence-corrected chi connectivity index (χ2v) is 5.65. The van der Waals surface area contributed by atoms with Crippen molar-refractivity contribution in [2.45, 2.75) is 44.2 Å². The highest BCUT2D eigenvalue weighted by Gasteiger charge is 2.22. The molecule has 1 aliphatic rings. The zero-order valence-electron chi connectivity index (χ0n) is 11.4. The predicted octanol–water partition coefficient (Wildman–Crippen LogP) is 3.16. The van der Waals surface area contributed by atoms with Crippen molar-refractivity contribution in [3.63, 3.8) is 0 Å². The van der Waals surface area contributed by atoms with Gasteiger partial charge in [0.2, 0.25) is 5.91 Å². The highest BCUT2D eigenvalue weighted by molar-refractivity contribution is 6.30. The molecule has 4 heteroatoms.